The number of hydrogen-bond acceptors (Lipinski definition) is 2. The van der Waals surface area contributed by atoms with Crippen LogP contribution in [-0.4, -0.2) is 17.1 Å². The van der Waals surface area contributed by atoms with Crippen molar-refractivity contribution >= 4 is 29.0 Å². The molecular formula is C22H18BN3. The summed E-state index contributed by atoms with van der Waals surface area (Å²) in [5, 5.41) is 0. The fourth-order valence-electron chi connectivity index (χ4n) is 4.24. The number of fused-ring (bicyclic) bond motifs is 2. The zero-order chi connectivity index (χ0) is 17.4. The van der Waals surface area contributed by atoms with E-state index in [9.17, 15) is 0 Å². The van der Waals surface area contributed by atoms with Crippen molar-refractivity contribution in [1.29, 1.82) is 0 Å². The number of aliphatic imine (C=N–C) groups is 1. The molecule has 0 atom stereocenters. The molecule has 0 unspecified atom stereocenters. The van der Waals surface area contributed by atoms with Gasteiger partial charge in [-0.15, -0.1) is 10.9 Å². The number of nitrogens with zero attached hydrogens (tertiary/aromatic N) is 3. The molecule has 2 aliphatic heterocycles. The molecule has 0 spiro atoms. The maximum absolute atomic E-state index is 4.90. The Morgan fingerprint density at radius 2 is 1.38 bits per heavy atom. The molecule has 0 saturated heterocycles. The van der Waals surface area contributed by atoms with Gasteiger partial charge in [0.1, 0.15) is 0 Å². The predicted octanol–water partition coefficient (Wildman–Crippen LogP) is 2.51. The van der Waals surface area contributed by atoms with Crippen LogP contribution in [-0.2, 0) is 0 Å². The molecule has 0 radical (unpaired) electrons. The van der Waals surface area contributed by atoms with Crippen LogP contribution in [0.2, 0.25) is 0 Å². The first-order chi connectivity index (χ1) is 12.9. The van der Waals surface area contributed by atoms with E-state index in [-0.39, 0.29) is 0 Å². The van der Waals surface area contributed by atoms with Gasteiger partial charge in [0.05, 0.1) is 0 Å². The molecule has 0 N–H and O–H groups in total. The standard InChI is InChI=1S/C22H18BN3/c1-3-11-19(12-4-1)23(20-13-5-2-6-14-20)25-17-9-7-15-21(25)24-22-16-8-10-18-26(22)23/h1-18H. The van der Waals surface area contributed by atoms with E-state index in [0.29, 0.717) is 0 Å². The predicted molar refractivity (Wildman–Crippen MR) is 107 cm³/mol. The fraction of sp³-hybridized carbons (Fsp3) is 0. The van der Waals surface area contributed by atoms with Gasteiger partial charge in [-0.05, 0) is 23.3 Å². The Morgan fingerprint density at radius 1 is 0.731 bits per heavy atom. The van der Waals surface area contributed by atoms with Gasteiger partial charge < -0.3 is 9.29 Å². The highest BCUT2D eigenvalue weighted by Gasteiger charge is 2.47. The highest BCUT2D eigenvalue weighted by Crippen LogP contribution is 2.23. The molecule has 0 amide bonds. The summed E-state index contributed by atoms with van der Waals surface area (Å²) in [5.74, 6) is 1.93. The lowest BCUT2D eigenvalue weighted by Crippen LogP contribution is -2.87. The third kappa shape index (κ3) is 2.02. The van der Waals surface area contributed by atoms with Crippen LogP contribution in [0.1, 0.15) is 0 Å². The Morgan fingerprint density at radius 3 is 2.08 bits per heavy atom. The van der Waals surface area contributed by atoms with Gasteiger partial charge in [0.2, 0.25) is 5.84 Å². The van der Waals surface area contributed by atoms with Gasteiger partial charge in [-0.25, -0.2) is 0 Å². The van der Waals surface area contributed by atoms with E-state index in [2.05, 4.69) is 107 Å². The van der Waals surface area contributed by atoms with E-state index in [1.165, 1.54) is 10.9 Å². The van der Waals surface area contributed by atoms with Gasteiger partial charge in [0.25, 0.3) is 5.82 Å². The van der Waals surface area contributed by atoms with Crippen molar-refractivity contribution in [2.45, 2.75) is 0 Å². The van der Waals surface area contributed by atoms with Gasteiger partial charge in [-0.3, -0.25) is 0 Å². The second kappa shape index (κ2) is 5.85. The summed E-state index contributed by atoms with van der Waals surface area (Å²) in [7, 11) is 0. The second-order valence-electron chi connectivity index (χ2n) is 6.64. The van der Waals surface area contributed by atoms with Crippen LogP contribution in [0, 0.1) is 0 Å². The second-order valence-corrected chi connectivity index (χ2v) is 6.64. The molecule has 3 heterocycles. The summed E-state index contributed by atoms with van der Waals surface area (Å²) in [5.41, 5.74) is 2.51. The van der Waals surface area contributed by atoms with Crippen LogP contribution in [0.25, 0.3) is 0 Å². The van der Waals surface area contributed by atoms with Crippen molar-refractivity contribution < 1.29 is 4.48 Å². The molecule has 1 aromatic heterocycles. The van der Waals surface area contributed by atoms with Crippen molar-refractivity contribution in [3.05, 3.63) is 109 Å². The summed E-state index contributed by atoms with van der Waals surface area (Å²) in [6.07, 6.45) is 9.06. The molecule has 2 aliphatic rings. The summed E-state index contributed by atoms with van der Waals surface area (Å²) in [6.45, 7) is 0. The Labute approximate surface area is 153 Å². The van der Waals surface area contributed by atoms with Gasteiger partial charge in [-0.2, -0.15) is 0 Å². The first-order valence-corrected chi connectivity index (χ1v) is 8.90. The molecule has 3 nitrogen and oxygen atoms in total. The molecule has 4 heteroatoms. The summed E-state index contributed by atoms with van der Waals surface area (Å²) < 4.78 is 2.32. The lowest BCUT2D eigenvalue weighted by atomic mass is 9.35. The topological polar surface area (TPSA) is 19.5 Å². The molecular weight excluding hydrogens is 317 g/mol. The fourth-order valence-corrected chi connectivity index (χ4v) is 4.24. The van der Waals surface area contributed by atoms with Crippen molar-refractivity contribution in [3.63, 3.8) is 0 Å². The molecule has 124 valence electrons. The SMILES string of the molecule is C1=CC2=Nc3cccc[n+]3[B-](c3ccccc3)(c3ccccc3)N2C=C1. The molecule has 0 aliphatic carbocycles. The largest absolute Gasteiger partial charge is 0.439 e. The molecule has 5 rings (SSSR count). The maximum Gasteiger partial charge on any atom is 0.347 e. The quantitative estimate of drug-likeness (QED) is 0.659. The van der Waals surface area contributed by atoms with Crippen LogP contribution in [0.3, 0.4) is 0 Å². The maximum atomic E-state index is 4.90. The average molecular weight is 335 g/mol. The molecule has 3 aromatic rings. The van der Waals surface area contributed by atoms with E-state index in [4.69, 9.17) is 4.99 Å². The lowest BCUT2D eigenvalue weighted by molar-refractivity contribution is -0.535. The van der Waals surface area contributed by atoms with E-state index in [1.54, 1.807) is 0 Å². The third-order valence-electron chi connectivity index (χ3n) is 5.30. The number of rotatable bonds is 2. The smallest absolute Gasteiger partial charge is 0.347 e. The Kier molecular flexibility index (Phi) is 3.35. The number of benzene rings is 2. The van der Waals surface area contributed by atoms with Crippen LogP contribution in [0.5, 0.6) is 0 Å². The number of pyridine rings is 1. The van der Waals surface area contributed by atoms with Gasteiger partial charge in [-0.1, -0.05) is 72.8 Å². The lowest BCUT2D eigenvalue weighted by Gasteiger charge is -2.50. The average Bonchev–Trinajstić information content (AvgIpc) is 2.73. The summed E-state index contributed by atoms with van der Waals surface area (Å²) in [6, 6.07) is 27.6. The Bertz CT molecular complexity index is 1000. The highest BCUT2D eigenvalue weighted by molar-refractivity contribution is 6.95. The van der Waals surface area contributed by atoms with Crippen molar-refractivity contribution in [1.82, 2.24) is 4.81 Å². The molecule has 0 saturated carbocycles. The zero-order valence-electron chi connectivity index (χ0n) is 14.3. The van der Waals surface area contributed by atoms with Gasteiger partial charge in [0.15, 0.2) is 0 Å². The van der Waals surface area contributed by atoms with Crippen LogP contribution in [0.4, 0.5) is 5.82 Å². The normalized spacial score (nSPS) is 16.6. The monoisotopic (exact) mass is 335 g/mol. The summed E-state index contributed by atoms with van der Waals surface area (Å²) in [4.78, 5) is 7.21. The minimum atomic E-state index is -1.43. The highest BCUT2D eigenvalue weighted by atomic mass is 15.3. The van der Waals surface area contributed by atoms with E-state index in [1.807, 2.05) is 12.1 Å². The van der Waals surface area contributed by atoms with Crippen molar-refractivity contribution in [2.75, 3.05) is 0 Å². The number of aromatic nitrogens is 1. The number of hydrogen-bond donors (Lipinski definition) is 0. The molecule has 26 heavy (non-hydrogen) atoms. The number of allylic oxidation sites excluding steroid dienone is 2. The van der Waals surface area contributed by atoms with Crippen LogP contribution < -0.4 is 15.4 Å². The van der Waals surface area contributed by atoms with Crippen molar-refractivity contribution in [3.8, 4) is 0 Å². The molecule has 0 bridgehead atoms. The molecule has 0 fully saturated rings. The zero-order valence-corrected chi connectivity index (χ0v) is 14.3. The minimum Gasteiger partial charge on any atom is -0.439 e. The van der Waals surface area contributed by atoms with E-state index in [0.717, 1.165) is 11.7 Å². The third-order valence-corrected chi connectivity index (χ3v) is 5.30. The van der Waals surface area contributed by atoms with E-state index >= 15 is 0 Å². The number of amidine groups is 1. The van der Waals surface area contributed by atoms with E-state index < -0.39 is 6.42 Å². The van der Waals surface area contributed by atoms with Gasteiger partial charge in [0, 0.05) is 18.3 Å². The summed E-state index contributed by atoms with van der Waals surface area (Å²) >= 11 is 0. The first kappa shape index (κ1) is 14.9. The van der Waals surface area contributed by atoms with Crippen LogP contribution in [0.15, 0.2) is 114 Å². The van der Waals surface area contributed by atoms with Crippen LogP contribution >= 0.6 is 0 Å². The Hall–Kier alpha value is -3.40. The van der Waals surface area contributed by atoms with Crippen molar-refractivity contribution in [2.24, 2.45) is 4.99 Å². The molecule has 2 aromatic carbocycles. The minimum absolute atomic E-state index is 0.964. The first-order valence-electron chi connectivity index (χ1n) is 8.90. The van der Waals surface area contributed by atoms with Gasteiger partial charge >= 0.3 is 6.42 Å². The Balaban J connectivity index is 1.93.